The van der Waals surface area contributed by atoms with E-state index in [0.717, 1.165) is 11.1 Å². The smallest absolute Gasteiger partial charge is 0.213 e. The largest absolute Gasteiger partial charge is 0.507 e. The molecule has 0 aliphatic heterocycles. The maximum Gasteiger partial charge on any atom is 0.213 e. The van der Waals surface area contributed by atoms with Crippen molar-refractivity contribution in [2.24, 2.45) is 0 Å². The highest BCUT2D eigenvalue weighted by Gasteiger charge is 2.15. The summed E-state index contributed by atoms with van der Waals surface area (Å²) in [6.45, 7) is 0. The van der Waals surface area contributed by atoms with Crippen molar-refractivity contribution in [3.05, 3.63) is 66.3 Å². The van der Waals surface area contributed by atoms with Gasteiger partial charge in [0.1, 0.15) is 17.6 Å². The van der Waals surface area contributed by atoms with Crippen LogP contribution in [0.2, 0.25) is 0 Å². The fourth-order valence-electron chi connectivity index (χ4n) is 2.97. The molecule has 7 heteroatoms. The van der Waals surface area contributed by atoms with Crippen LogP contribution in [0.5, 0.6) is 11.6 Å². The summed E-state index contributed by atoms with van der Waals surface area (Å²) in [5.41, 5.74) is 3.22. The molecule has 0 amide bonds. The van der Waals surface area contributed by atoms with Crippen LogP contribution in [0.15, 0.2) is 60.5 Å². The summed E-state index contributed by atoms with van der Waals surface area (Å²) in [4.78, 5) is 8.29. The second-order valence-corrected chi connectivity index (χ2v) is 6.27. The molecular formula is C21H17FN4O2. The zero-order valence-corrected chi connectivity index (χ0v) is 15.1. The van der Waals surface area contributed by atoms with Crippen LogP contribution in [0.3, 0.4) is 0 Å². The zero-order valence-electron chi connectivity index (χ0n) is 15.1. The molecule has 1 atom stereocenters. The van der Waals surface area contributed by atoms with Crippen LogP contribution < -0.4 is 4.74 Å². The number of rotatable bonds is 4. The van der Waals surface area contributed by atoms with Gasteiger partial charge in [-0.3, -0.25) is 0 Å². The number of phenols is 1. The third-order valence-electron chi connectivity index (χ3n) is 4.46. The Hall–Kier alpha value is -3.61. The highest BCUT2D eigenvalue weighted by atomic mass is 19.1. The molecule has 3 aromatic rings. The lowest BCUT2D eigenvalue weighted by molar-refractivity contribution is 0.398. The van der Waals surface area contributed by atoms with Gasteiger partial charge in [-0.2, -0.15) is 0 Å². The first-order valence-corrected chi connectivity index (χ1v) is 8.69. The average molecular weight is 376 g/mol. The van der Waals surface area contributed by atoms with E-state index >= 15 is 0 Å². The van der Waals surface area contributed by atoms with Crippen LogP contribution in [0, 0.1) is 0 Å². The number of ether oxygens (including phenoxy) is 1. The molecular weight excluding hydrogens is 359 g/mol. The molecule has 0 radical (unpaired) electrons. The van der Waals surface area contributed by atoms with Gasteiger partial charge in [-0.05, 0) is 47.4 Å². The second kappa shape index (κ2) is 7.56. The topological polar surface area (TPSA) is 81.0 Å². The van der Waals surface area contributed by atoms with Gasteiger partial charge in [0.25, 0.3) is 0 Å². The molecule has 28 heavy (non-hydrogen) atoms. The average Bonchev–Trinajstić information content (AvgIpc) is 3.13. The number of benzene rings is 1. The molecule has 1 aliphatic carbocycles. The molecule has 0 spiro atoms. The Morgan fingerprint density at radius 2 is 2.00 bits per heavy atom. The van der Waals surface area contributed by atoms with Crippen molar-refractivity contribution < 1.29 is 14.2 Å². The third-order valence-corrected chi connectivity index (χ3v) is 4.46. The van der Waals surface area contributed by atoms with Gasteiger partial charge in [0.15, 0.2) is 5.82 Å². The van der Waals surface area contributed by atoms with E-state index in [1.54, 1.807) is 43.7 Å². The van der Waals surface area contributed by atoms with E-state index in [4.69, 9.17) is 4.74 Å². The molecule has 0 bridgehead atoms. The highest BCUT2D eigenvalue weighted by Crippen LogP contribution is 2.32. The lowest BCUT2D eigenvalue weighted by atomic mass is 10.0. The summed E-state index contributed by atoms with van der Waals surface area (Å²) in [5, 5.41) is 18.6. The molecule has 1 aliphatic rings. The summed E-state index contributed by atoms with van der Waals surface area (Å²) >= 11 is 0. The fourth-order valence-corrected chi connectivity index (χ4v) is 2.97. The number of aromatic nitrogens is 4. The highest BCUT2D eigenvalue weighted by molar-refractivity contribution is 5.74. The maximum atomic E-state index is 13.6. The quantitative estimate of drug-likeness (QED) is 0.693. The van der Waals surface area contributed by atoms with Crippen LogP contribution >= 0.6 is 0 Å². The number of aromatic hydroxyl groups is 1. The Balaban J connectivity index is 1.59. The SMILES string of the molecule is COc1cc(-c2ccc(-c3cnc(/C=C4\CC=C[C@@H]4F)nn3)c(O)c2)ccn1. The Bertz CT molecular complexity index is 1060. The first-order chi connectivity index (χ1) is 13.6. The van der Waals surface area contributed by atoms with Crippen molar-refractivity contribution >= 4 is 6.08 Å². The van der Waals surface area contributed by atoms with Gasteiger partial charge in [0.05, 0.1) is 13.3 Å². The number of pyridine rings is 1. The summed E-state index contributed by atoms with van der Waals surface area (Å²) < 4.78 is 18.8. The summed E-state index contributed by atoms with van der Waals surface area (Å²) in [7, 11) is 1.55. The molecule has 1 aromatic carbocycles. The van der Waals surface area contributed by atoms with E-state index in [0.29, 0.717) is 35.0 Å². The molecule has 0 saturated heterocycles. The predicted molar refractivity (Wildman–Crippen MR) is 103 cm³/mol. The molecule has 0 saturated carbocycles. The Morgan fingerprint density at radius 3 is 2.68 bits per heavy atom. The molecule has 2 heterocycles. The van der Waals surface area contributed by atoms with Crippen molar-refractivity contribution in [2.45, 2.75) is 12.6 Å². The lowest BCUT2D eigenvalue weighted by Crippen LogP contribution is -1.98. The van der Waals surface area contributed by atoms with Gasteiger partial charge in [0, 0.05) is 17.8 Å². The van der Waals surface area contributed by atoms with Crippen LogP contribution in [0.4, 0.5) is 4.39 Å². The van der Waals surface area contributed by atoms with E-state index in [1.807, 2.05) is 12.1 Å². The van der Waals surface area contributed by atoms with Crippen LogP contribution in [-0.4, -0.2) is 38.6 Å². The van der Waals surface area contributed by atoms with Gasteiger partial charge in [0.2, 0.25) is 5.88 Å². The Morgan fingerprint density at radius 1 is 1.14 bits per heavy atom. The monoisotopic (exact) mass is 376 g/mol. The number of alkyl halides is 1. The van der Waals surface area contributed by atoms with Crippen LogP contribution in [-0.2, 0) is 0 Å². The minimum atomic E-state index is -1.09. The number of hydrogen-bond donors (Lipinski definition) is 1. The van der Waals surface area contributed by atoms with Gasteiger partial charge in [-0.25, -0.2) is 14.4 Å². The third kappa shape index (κ3) is 3.59. The van der Waals surface area contributed by atoms with Crippen molar-refractivity contribution in [2.75, 3.05) is 7.11 Å². The van der Waals surface area contributed by atoms with Crippen LogP contribution in [0.25, 0.3) is 28.5 Å². The number of phenolic OH excluding ortho intramolecular Hbond substituents is 1. The number of methoxy groups -OCH3 is 1. The Labute approximate surface area is 161 Å². The van der Waals surface area contributed by atoms with Crippen molar-refractivity contribution in [3.8, 4) is 34.0 Å². The molecule has 1 N–H and O–H groups in total. The number of nitrogens with zero attached hydrogens (tertiary/aromatic N) is 4. The van der Waals surface area contributed by atoms with Crippen molar-refractivity contribution in [3.63, 3.8) is 0 Å². The Kier molecular flexibility index (Phi) is 4.80. The summed E-state index contributed by atoms with van der Waals surface area (Å²) in [6.07, 6.45) is 7.49. The number of hydrogen-bond acceptors (Lipinski definition) is 6. The molecule has 2 aromatic heterocycles. The normalized spacial score (nSPS) is 17.2. The second-order valence-electron chi connectivity index (χ2n) is 6.27. The zero-order chi connectivity index (χ0) is 19.5. The fraction of sp³-hybridized carbons (Fsp3) is 0.143. The minimum Gasteiger partial charge on any atom is -0.507 e. The molecule has 6 nitrogen and oxygen atoms in total. The summed E-state index contributed by atoms with van der Waals surface area (Å²) in [5.74, 6) is 0.887. The maximum absolute atomic E-state index is 13.6. The van der Waals surface area contributed by atoms with E-state index in [1.165, 1.54) is 12.3 Å². The van der Waals surface area contributed by atoms with E-state index in [2.05, 4.69) is 20.2 Å². The van der Waals surface area contributed by atoms with Gasteiger partial charge in [-0.1, -0.05) is 18.2 Å². The standard InChI is InChI=1S/C21H17FN4O2/c1-28-21-11-14(7-8-23-21)13-5-6-16(19(27)9-13)18-12-24-20(26-25-18)10-15-3-2-4-17(15)22/h2,4-12,17,27H,3H2,1H3/b15-10+/t17-/m0/s1. The number of allylic oxidation sites excluding steroid dienone is 3. The lowest BCUT2D eigenvalue weighted by Gasteiger charge is -2.08. The van der Waals surface area contributed by atoms with E-state index < -0.39 is 6.17 Å². The van der Waals surface area contributed by atoms with E-state index in [-0.39, 0.29) is 5.75 Å². The first kappa shape index (κ1) is 17.8. The van der Waals surface area contributed by atoms with Crippen LogP contribution in [0.1, 0.15) is 12.2 Å². The van der Waals surface area contributed by atoms with Gasteiger partial charge in [-0.15, -0.1) is 10.2 Å². The van der Waals surface area contributed by atoms with Crippen molar-refractivity contribution in [1.82, 2.24) is 20.2 Å². The van der Waals surface area contributed by atoms with E-state index in [9.17, 15) is 9.50 Å². The van der Waals surface area contributed by atoms with Crippen molar-refractivity contribution in [1.29, 1.82) is 0 Å². The van der Waals surface area contributed by atoms with Gasteiger partial charge < -0.3 is 9.84 Å². The summed E-state index contributed by atoms with van der Waals surface area (Å²) in [6, 6.07) is 8.86. The molecule has 0 fully saturated rings. The first-order valence-electron chi connectivity index (χ1n) is 8.69. The number of halogens is 1. The molecule has 0 unspecified atom stereocenters. The minimum absolute atomic E-state index is 0.0549. The molecule has 140 valence electrons. The van der Waals surface area contributed by atoms with Gasteiger partial charge >= 0.3 is 0 Å². The predicted octanol–water partition coefficient (Wildman–Crippen LogP) is 4.00. The molecule has 4 rings (SSSR count).